The first-order valence-electron chi connectivity index (χ1n) is 6.44. The van der Waals surface area contributed by atoms with Crippen molar-refractivity contribution in [3.8, 4) is 11.8 Å². The molecule has 1 heterocycles. The van der Waals surface area contributed by atoms with Gasteiger partial charge in [-0.1, -0.05) is 19.8 Å². The molecule has 3 nitrogen and oxygen atoms in total. The second kappa shape index (κ2) is 6.07. The van der Waals surface area contributed by atoms with E-state index in [9.17, 15) is 4.79 Å². The van der Waals surface area contributed by atoms with E-state index in [4.69, 9.17) is 0 Å². The Labute approximate surface area is 105 Å². The highest BCUT2D eigenvalue weighted by Gasteiger charge is 2.32. The van der Waals surface area contributed by atoms with E-state index in [1.165, 1.54) is 0 Å². The predicted molar refractivity (Wildman–Crippen MR) is 70.5 cm³/mol. The fraction of sp³-hybridized carbons (Fsp3) is 0.786. The summed E-state index contributed by atoms with van der Waals surface area (Å²) in [5.41, 5.74) is 0. The lowest BCUT2D eigenvalue weighted by molar-refractivity contribution is -0.129. The van der Waals surface area contributed by atoms with Gasteiger partial charge in [-0.25, -0.2) is 0 Å². The lowest BCUT2D eigenvalue weighted by Crippen LogP contribution is -2.58. The molecule has 0 aliphatic carbocycles. The Kier molecular flexibility index (Phi) is 5.02. The zero-order valence-electron chi connectivity index (χ0n) is 11.7. The molecule has 0 spiro atoms. The third-order valence-electron chi connectivity index (χ3n) is 3.41. The van der Waals surface area contributed by atoms with Gasteiger partial charge >= 0.3 is 0 Å². The molecular weight excluding hydrogens is 212 g/mol. The first kappa shape index (κ1) is 14.1. The van der Waals surface area contributed by atoms with Crippen LogP contribution >= 0.6 is 0 Å². The molecule has 0 aromatic carbocycles. The summed E-state index contributed by atoms with van der Waals surface area (Å²) in [6.45, 7) is 13.2. The highest BCUT2D eigenvalue weighted by Crippen LogP contribution is 2.19. The SMILES string of the molecule is CC#CC(=O)N1CCN(C(C)C)C(C(C)C)C1. The molecule has 0 saturated carbocycles. The van der Waals surface area contributed by atoms with Gasteiger partial charge in [0.1, 0.15) is 0 Å². The minimum absolute atomic E-state index is 0.0263. The van der Waals surface area contributed by atoms with Crippen LogP contribution in [0.1, 0.15) is 34.6 Å². The molecule has 1 aliphatic rings. The molecule has 0 aromatic heterocycles. The van der Waals surface area contributed by atoms with Gasteiger partial charge in [0.25, 0.3) is 5.91 Å². The topological polar surface area (TPSA) is 23.6 Å². The standard InChI is InChI=1S/C14H24N2O/c1-6-7-14(17)15-8-9-16(12(4)5)13(10-15)11(2)3/h11-13H,8-10H2,1-5H3. The van der Waals surface area contributed by atoms with Crippen molar-refractivity contribution >= 4 is 5.91 Å². The van der Waals surface area contributed by atoms with E-state index in [1.807, 2.05) is 4.90 Å². The minimum Gasteiger partial charge on any atom is -0.329 e. The molecule has 1 aliphatic heterocycles. The van der Waals surface area contributed by atoms with Crippen LogP contribution in [0.3, 0.4) is 0 Å². The smallest absolute Gasteiger partial charge is 0.298 e. The van der Waals surface area contributed by atoms with Crippen LogP contribution in [0, 0.1) is 17.8 Å². The fourth-order valence-corrected chi connectivity index (χ4v) is 2.43. The van der Waals surface area contributed by atoms with Gasteiger partial charge in [-0.3, -0.25) is 9.69 Å². The van der Waals surface area contributed by atoms with Crippen LogP contribution in [-0.4, -0.2) is 47.4 Å². The van der Waals surface area contributed by atoms with E-state index in [1.54, 1.807) is 6.92 Å². The molecule has 0 bridgehead atoms. The van der Waals surface area contributed by atoms with Crippen molar-refractivity contribution in [1.29, 1.82) is 0 Å². The monoisotopic (exact) mass is 236 g/mol. The van der Waals surface area contributed by atoms with Crippen molar-refractivity contribution in [1.82, 2.24) is 9.80 Å². The number of nitrogens with zero attached hydrogens (tertiary/aromatic N) is 2. The maximum Gasteiger partial charge on any atom is 0.298 e. The summed E-state index contributed by atoms with van der Waals surface area (Å²) in [6.07, 6.45) is 0. The van der Waals surface area contributed by atoms with Gasteiger partial charge in [0.15, 0.2) is 0 Å². The molecule has 1 rings (SSSR count). The Balaban J connectivity index is 2.74. The largest absolute Gasteiger partial charge is 0.329 e. The number of hydrogen-bond donors (Lipinski definition) is 0. The van der Waals surface area contributed by atoms with Gasteiger partial charge in [0, 0.05) is 31.7 Å². The molecule has 1 fully saturated rings. The highest BCUT2D eigenvalue weighted by molar-refractivity contribution is 5.93. The quantitative estimate of drug-likeness (QED) is 0.680. The summed E-state index contributed by atoms with van der Waals surface area (Å²) >= 11 is 0. The maximum atomic E-state index is 11.8. The first-order chi connectivity index (χ1) is 7.97. The molecule has 0 N–H and O–H groups in total. The van der Waals surface area contributed by atoms with E-state index in [0.717, 1.165) is 19.6 Å². The molecule has 96 valence electrons. The molecule has 0 aromatic rings. The normalized spacial score (nSPS) is 21.6. The Hall–Kier alpha value is -1.01. The first-order valence-corrected chi connectivity index (χ1v) is 6.44. The second-order valence-corrected chi connectivity index (χ2v) is 5.27. The van der Waals surface area contributed by atoms with Crippen molar-refractivity contribution in [3.05, 3.63) is 0 Å². The zero-order valence-corrected chi connectivity index (χ0v) is 11.7. The van der Waals surface area contributed by atoms with Crippen LogP contribution < -0.4 is 0 Å². The van der Waals surface area contributed by atoms with Crippen LogP contribution in [-0.2, 0) is 4.79 Å². The summed E-state index contributed by atoms with van der Waals surface area (Å²) in [5, 5.41) is 0. The molecule has 1 amide bonds. The summed E-state index contributed by atoms with van der Waals surface area (Å²) in [5.74, 6) is 5.86. The van der Waals surface area contributed by atoms with E-state index in [2.05, 4.69) is 44.4 Å². The van der Waals surface area contributed by atoms with Gasteiger partial charge < -0.3 is 4.90 Å². The van der Waals surface area contributed by atoms with Crippen LogP contribution in [0.15, 0.2) is 0 Å². The van der Waals surface area contributed by atoms with Crippen LogP contribution in [0.4, 0.5) is 0 Å². The number of amides is 1. The summed E-state index contributed by atoms with van der Waals surface area (Å²) in [4.78, 5) is 16.2. The summed E-state index contributed by atoms with van der Waals surface area (Å²) in [7, 11) is 0. The summed E-state index contributed by atoms with van der Waals surface area (Å²) in [6, 6.07) is 0.989. The number of hydrogen-bond acceptors (Lipinski definition) is 2. The van der Waals surface area contributed by atoms with Crippen LogP contribution in [0.25, 0.3) is 0 Å². The van der Waals surface area contributed by atoms with Crippen molar-refractivity contribution < 1.29 is 4.79 Å². The highest BCUT2D eigenvalue weighted by atomic mass is 16.2. The second-order valence-electron chi connectivity index (χ2n) is 5.27. The Morgan fingerprint density at radius 3 is 2.35 bits per heavy atom. The average molecular weight is 236 g/mol. The number of piperazine rings is 1. The van der Waals surface area contributed by atoms with Crippen molar-refractivity contribution in [2.45, 2.75) is 46.7 Å². The van der Waals surface area contributed by atoms with Gasteiger partial charge in [0.2, 0.25) is 0 Å². The third-order valence-corrected chi connectivity index (χ3v) is 3.41. The Morgan fingerprint density at radius 2 is 1.88 bits per heavy atom. The Bertz CT molecular complexity index is 325. The van der Waals surface area contributed by atoms with E-state index in [0.29, 0.717) is 18.0 Å². The average Bonchev–Trinajstić information content (AvgIpc) is 2.28. The fourth-order valence-electron chi connectivity index (χ4n) is 2.43. The number of rotatable bonds is 2. The third kappa shape index (κ3) is 3.47. The number of carbonyl (C=O) groups is 1. The van der Waals surface area contributed by atoms with Gasteiger partial charge in [-0.2, -0.15) is 0 Å². The molecule has 3 heteroatoms. The Morgan fingerprint density at radius 1 is 1.24 bits per heavy atom. The molecule has 1 saturated heterocycles. The molecule has 17 heavy (non-hydrogen) atoms. The van der Waals surface area contributed by atoms with Gasteiger partial charge in [0.05, 0.1) is 0 Å². The van der Waals surface area contributed by atoms with Crippen molar-refractivity contribution in [3.63, 3.8) is 0 Å². The van der Waals surface area contributed by atoms with Crippen LogP contribution in [0.5, 0.6) is 0 Å². The van der Waals surface area contributed by atoms with Crippen molar-refractivity contribution in [2.24, 2.45) is 5.92 Å². The minimum atomic E-state index is -0.0263. The molecular formula is C14H24N2O. The molecule has 0 radical (unpaired) electrons. The van der Waals surface area contributed by atoms with E-state index < -0.39 is 0 Å². The maximum absolute atomic E-state index is 11.8. The zero-order chi connectivity index (χ0) is 13.0. The van der Waals surface area contributed by atoms with Crippen LogP contribution in [0.2, 0.25) is 0 Å². The lowest BCUT2D eigenvalue weighted by atomic mass is 9.98. The van der Waals surface area contributed by atoms with Crippen molar-refractivity contribution in [2.75, 3.05) is 19.6 Å². The van der Waals surface area contributed by atoms with E-state index >= 15 is 0 Å². The molecule has 1 unspecified atom stereocenters. The predicted octanol–water partition coefficient (Wildman–Crippen LogP) is 1.59. The summed E-state index contributed by atoms with van der Waals surface area (Å²) < 4.78 is 0. The van der Waals surface area contributed by atoms with E-state index in [-0.39, 0.29) is 5.91 Å². The van der Waals surface area contributed by atoms with Gasteiger partial charge in [-0.05, 0) is 32.6 Å². The van der Waals surface area contributed by atoms with Gasteiger partial charge in [-0.15, -0.1) is 0 Å². The lowest BCUT2D eigenvalue weighted by Gasteiger charge is -2.45. The number of carbonyl (C=O) groups excluding carboxylic acids is 1. The molecule has 1 atom stereocenters.